The lowest BCUT2D eigenvalue weighted by Crippen LogP contribution is -2.36. The van der Waals surface area contributed by atoms with E-state index in [1.807, 2.05) is 0 Å². The Labute approximate surface area is 115 Å². The summed E-state index contributed by atoms with van der Waals surface area (Å²) in [6.07, 6.45) is 7.10. The average molecular weight is 275 g/mol. The van der Waals surface area contributed by atoms with Crippen LogP contribution in [-0.4, -0.2) is 31.8 Å². The zero-order valence-corrected chi connectivity index (χ0v) is 11.3. The molecular weight excluding hydrogens is 258 g/mol. The van der Waals surface area contributed by atoms with Crippen LogP contribution in [-0.2, 0) is 0 Å². The Morgan fingerprint density at radius 2 is 2.15 bits per heavy atom. The largest absolute Gasteiger partial charge is 0.348 e. The van der Waals surface area contributed by atoms with Gasteiger partial charge in [-0.25, -0.2) is 4.52 Å². The van der Waals surface area contributed by atoms with Crippen LogP contribution in [0.15, 0.2) is 11.0 Å². The molecule has 7 nitrogen and oxygen atoms in total. The summed E-state index contributed by atoms with van der Waals surface area (Å²) in [4.78, 5) is 26.8. The van der Waals surface area contributed by atoms with E-state index in [4.69, 9.17) is 0 Å². The number of amides is 1. The first-order valence-corrected chi connectivity index (χ1v) is 6.91. The second-order valence-corrected chi connectivity index (χ2v) is 5.31. The molecule has 2 heterocycles. The number of fused-ring (bicyclic) bond motifs is 1. The van der Waals surface area contributed by atoms with Crippen LogP contribution in [0.5, 0.6) is 0 Å². The number of carbonyl (C=O) groups is 1. The third-order valence-electron chi connectivity index (χ3n) is 3.69. The van der Waals surface area contributed by atoms with Gasteiger partial charge in [0.15, 0.2) is 11.2 Å². The van der Waals surface area contributed by atoms with Gasteiger partial charge in [-0.3, -0.25) is 9.59 Å². The van der Waals surface area contributed by atoms with Crippen molar-refractivity contribution in [1.82, 2.24) is 25.1 Å². The molecule has 3 rings (SSSR count). The molecule has 0 radical (unpaired) electrons. The van der Waals surface area contributed by atoms with Crippen LogP contribution in [0.25, 0.3) is 5.52 Å². The fourth-order valence-electron chi connectivity index (χ4n) is 2.70. The van der Waals surface area contributed by atoms with E-state index in [0.717, 1.165) is 25.7 Å². The molecule has 0 unspecified atom stereocenters. The van der Waals surface area contributed by atoms with Gasteiger partial charge >= 0.3 is 0 Å². The standard InChI is InChI=1S/C13H17N5O2/c1-8-7-18-11(13(20)14-8)10(16-17-18)12(19)15-9-5-3-2-4-6-9/h7,9H,2-6H2,1H3,(H,14,20)(H,15,19). The number of H-pyrrole nitrogens is 1. The smallest absolute Gasteiger partial charge is 0.276 e. The lowest BCUT2D eigenvalue weighted by atomic mass is 9.95. The summed E-state index contributed by atoms with van der Waals surface area (Å²) in [5, 5.41) is 10.6. The molecule has 7 heteroatoms. The molecular formula is C13H17N5O2. The van der Waals surface area contributed by atoms with Gasteiger partial charge < -0.3 is 10.3 Å². The molecule has 1 saturated carbocycles. The van der Waals surface area contributed by atoms with Crippen molar-refractivity contribution in [3.05, 3.63) is 27.9 Å². The normalized spacial score (nSPS) is 16.4. The lowest BCUT2D eigenvalue weighted by Gasteiger charge is -2.22. The van der Waals surface area contributed by atoms with Crippen molar-refractivity contribution in [3.63, 3.8) is 0 Å². The fraction of sp³-hybridized carbons (Fsp3) is 0.538. The van der Waals surface area contributed by atoms with Gasteiger partial charge in [-0.2, -0.15) is 0 Å². The number of nitrogens with zero attached hydrogens (tertiary/aromatic N) is 3. The summed E-state index contributed by atoms with van der Waals surface area (Å²) in [7, 11) is 0. The molecule has 0 atom stereocenters. The summed E-state index contributed by atoms with van der Waals surface area (Å²) < 4.78 is 1.35. The van der Waals surface area contributed by atoms with E-state index >= 15 is 0 Å². The van der Waals surface area contributed by atoms with E-state index in [-0.39, 0.29) is 28.7 Å². The van der Waals surface area contributed by atoms with Crippen LogP contribution < -0.4 is 10.9 Å². The molecule has 0 spiro atoms. The van der Waals surface area contributed by atoms with Crippen molar-refractivity contribution in [2.24, 2.45) is 0 Å². The van der Waals surface area contributed by atoms with Crippen LogP contribution in [0.3, 0.4) is 0 Å². The topological polar surface area (TPSA) is 92.2 Å². The molecule has 1 fully saturated rings. The average Bonchev–Trinajstić information content (AvgIpc) is 2.84. The molecule has 0 aliphatic heterocycles. The predicted octanol–water partition coefficient (Wildman–Crippen LogP) is 0.789. The molecule has 0 bridgehead atoms. The summed E-state index contributed by atoms with van der Waals surface area (Å²) in [5.41, 5.74) is 0.621. The quantitative estimate of drug-likeness (QED) is 0.847. The molecule has 2 N–H and O–H groups in total. The molecule has 1 amide bonds. The van der Waals surface area contributed by atoms with Gasteiger partial charge in [-0.1, -0.05) is 24.5 Å². The van der Waals surface area contributed by atoms with Crippen molar-refractivity contribution in [2.45, 2.75) is 45.1 Å². The van der Waals surface area contributed by atoms with Crippen molar-refractivity contribution in [2.75, 3.05) is 0 Å². The second kappa shape index (κ2) is 5.07. The third kappa shape index (κ3) is 2.31. The highest BCUT2D eigenvalue weighted by Crippen LogP contribution is 2.17. The van der Waals surface area contributed by atoms with Crippen LogP contribution in [0.1, 0.15) is 48.3 Å². The molecule has 1 aliphatic carbocycles. The minimum atomic E-state index is -0.344. The Morgan fingerprint density at radius 3 is 2.90 bits per heavy atom. The number of aromatic amines is 1. The maximum Gasteiger partial charge on any atom is 0.276 e. The maximum absolute atomic E-state index is 12.2. The Morgan fingerprint density at radius 1 is 1.40 bits per heavy atom. The third-order valence-corrected chi connectivity index (χ3v) is 3.69. The first kappa shape index (κ1) is 12.8. The number of rotatable bonds is 2. The van der Waals surface area contributed by atoms with Crippen LogP contribution in [0.4, 0.5) is 0 Å². The van der Waals surface area contributed by atoms with E-state index in [9.17, 15) is 9.59 Å². The highest BCUT2D eigenvalue weighted by molar-refractivity contribution is 5.98. The Kier molecular flexibility index (Phi) is 3.25. The summed E-state index contributed by atoms with van der Waals surface area (Å²) in [5.74, 6) is -0.318. The van der Waals surface area contributed by atoms with Gasteiger partial charge in [-0.05, 0) is 19.8 Å². The fourth-order valence-corrected chi connectivity index (χ4v) is 2.70. The van der Waals surface area contributed by atoms with E-state index < -0.39 is 0 Å². The van der Waals surface area contributed by atoms with Crippen LogP contribution in [0, 0.1) is 6.92 Å². The van der Waals surface area contributed by atoms with Crippen molar-refractivity contribution >= 4 is 11.4 Å². The monoisotopic (exact) mass is 275 g/mol. The highest BCUT2D eigenvalue weighted by Gasteiger charge is 2.22. The van der Waals surface area contributed by atoms with Gasteiger partial charge in [0.25, 0.3) is 11.5 Å². The van der Waals surface area contributed by atoms with Gasteiger partial charge in [0, 0.05) is 11.7 Å². The predicted molar refractivity (Wildman–Crippen MR) is 72.7 cm³/mol. The molecule has 0 saturated heterocycles. The van der Waals surface area contributed by atoms with Crippen molar-refractivity contribution in [1.29, 1.82) is 0 Å². The minimum absolute atomic E-state index is 0.0943. The van der Waals surface area contributed by atoms with Crippen molar-refractivity contribution < 1.29 is 4.79 Å². The summed E-state index contributed by atoms with van der Waals surface area (Å²) >= 11 is 0. The zero-order valence-electron chi connectivity index (χ0n) is 11.3. The summed E-state index contributed by atoms with van der Waals surface area (Å²) in [6.45, 7) is 1.75. The highest BCUT2D eigenvalue weighted by atomic mass is 16.2. The van der Waals surface area contributed by atoms with Gasteiger partial charge in [0.1, 0.15) is 0 Å². The summed E-state index contributed by atoms with van der Waals surface area (Å²) in [6, 6.07) is 0.178. The molecule has 0 aromatic carbocycles. The Hall–Kier alpha value is -2.18. The maximum atomic E-state index is 12.2. The zero-order chi connectivity index (χ0) is 14.1. The molecule has 20 heavy (non-hydrogen) atoms. The minimum Gasteiger partial charge on any atom is -0.348 e. The molecule has 2 aromatic rings. The number of hydrogen-bond donors (Lipinski definition) is 2. The number of aryl methyl sites for hydroxylation is 1. The van der Waals surface area contributed by atoms with Gasteiger partial charge in [0.2, 0.25) is 0 Å². The first-order valence-electron chi connectivity index (χ1n) is 6.91. The van der Waals surface area contributed by atoms with E-state index in [0.29, 0.717) is 5.69 Å². The van der Waals surface area contributed by atoms with Gasteiger partial charge in [-0.15, -0.1) is 5.10 Å². The van der Waals surface area contributed by atoms with E-state index in [1.165, 1.54) is 10.9 Å². The molecule has 2 aromatic heterocycles. The number of hydrogen-bond acceptors (Lipinski definition) is 4. The number of nitrogens with one attached hydrogen (secondary N) is 2. The van der Waals surface area contributed by atoms with Crippen LogP contribution >= 0.6 is 0 Å². The lowest BCUT2D eigenvalue weighted by molar-refractivity contribution is 0.0924. The first-order chi connectivity index (χ1) is 9.65. The Bertz CT molecular complexity index is 696. The second-order valence-electron chi connectivity index (χ2n) is 5.31. The van der Waals surface area contributed by atoms with E-state index in [1.54, 1.807) is 13.1 Å². The van der Waals surface area contributed by atoms with Gasteiger partial charge in [0.05, 0.1) is 6.20 Å². The van der Waals surface area contributed by atoms with Crippen LogP contribution in [0.2, 0.25) is 0 Å². The Balaban J connectivity index is 1.90. The van der Waals surface area contributed by atoms with E-state index in [2.05, 4.69) is 20.6 Å². The number of carbonyl (C=O) groups excluding carboxylic acids is 1. The van der Waals surface area contributed by atoms with Crippen molar-refractivity contribution in [3.8, 4) is 0 Å². The SMILES string of the molecule is Cc1cn2nnc(C(=O)NC3CCCCC3)c2c(=O)[nH]1. The molecule has 106 valence electrons. The molecule has 1 aliphatic rings. The number of aromatic nitrogens is 4.